The molecular weight excluding hydrogens is 1290 g/mol. The third-order valence-corrected chi connectivity index (χ3v) is 19.5. The fourth-order valence-electron chi connectivity index (χ4n) is 9.90. The summed E-state index contributed by atoms with van der Waals surface area (Å²) in [5.41, 5.74) is 10.8. The number of carbonyl (C=O) groups is 3. The number of carboxylic acid groups (broad SMARTS) is 2. The van der Waals surface area contributed by atoms with Gasteiger partial charge in [0.1, 0.15) is 103 Å². The lowest BCUT2D eigenvalue weighted by Crippen LogP contribution is -2.63. The van der Waals surface area contributed by atoms with Gasteiger partial charge in [0.05, 0.1) is 51.3 Å². The molecule has 4 rings (SSSR count). The zero-order valence-corrected chi connectivity index (χ0v) is 55.7. The second-order valence-corrected chi connectivity index (χ2v) is 27.1. The van der Waals surface area contributed by atoms with Crippen LogP contribution in [-0.2, 0) is 61.8 Å². The smallest absolute Gasteiger partial charge is 0.317 e. The molecule has 4 fully saturated rings. The molecule has 0 radical (unpaired) electrons. The highest BCUT2D eigenvalue weighted by Crippen LogP contribution is 2.32. The monoisotopic (exact) mass is 1390 g/mol. The van der Waals surface area contributed by atoms with E-state index in [9.17, 15) is 70.6 Å². The summed E-state index contributed by atoms with van der Waals surface area (Å²) in [6.45, 7) is 3.25. The highest BCUT2D eigenvalue weighted by atomic mass is 32.2. The van der Waals surface area contributed by atoms with Crippen molar-refractivity contribution >= 4 is 70.7 Å². The Morgan fingerprint density at radius 2 is 1.04 bits per heavy atom. The number of amidine groups is 1. The molecule has 532 valence electrons. The van der Waals surface area contributed by atoms with Crippen molar-refractivity contribution in [3.05, 3.63) is 0 Å². The van der Waals surface area contributed by atoms with E-state index in [4.69, 9.17) is 63.9 Å². The second-order valence-electron chi connectivity index (χ2n) is 22.3. The van der Waals surface area contributed by atoms with E-state index < -0.39 is 154 Å². The minimum Gasteiger partial charge on any atom is -0.480 e. The number of carboxylic acids is 2. The summed E-state index contributed by atoms with van der Waals surface area (Å²) in [6.07, 6.45) is -23.3. The van der Waals surface area contributed by atoms with Crippen LogP contribution in [0.1, 0.15) is 32.6 Å². The van der Waals surface area contributed by atoms with E-state index in [0.29, 0.717) is 100 Å². The van der Waals surface area contributed by atoms with E-state index in [2.05, 4.69) is 10.3 Å². The molecule has 0 bridgehead atoms. The molecule has 4 saturated heterocycles. The van der Waals surface area contributed by atoms with Gasteiger partial charge in [0, 0.05) is 90.0 Å². The third kappa shape index (κ3) is 28.7. The molecule has 0 aromatic heterocycles. The maximum Gasteiger partial charge on any atom is 0.317 e. The standard InChI is InChI=1S/C55H103N7O25S4/c1-5-32-40(69)45(74)50(80-18-8-20-89-23-10-58-36(57)31-91-55-48(77)44(73)41(70)33(28-63)87-55)53(84-32)82-30-35-43(72)47(76)51(81-17-6-19-88-22-9-56)54(86-35)83-29-34-42(71)46(75)49(52(78-4)85-34)79-16-7-21-90-24-11-59-37(64)25-62(27-39(67)68)15-14-60(2)12-13-61(3)26-38(65)66/h32-35,40-55,63,69-77H,5-31,56H2,1-4H3,(H2,57,58)(H,59,64)(H,65,66)(H,67,68)/t32?,33?,34?,35?,40-,41-,42-,43-,44-,45?,46?,47?,48?,49+,50+,51+,52+,53+,54+,55-/m1/s1. The summed E-state index contributed by atoms with van der Waals surface area (Å²) in [4.78, 5) is 44.6. The van der Waals surface area contributed by atoms with Crippen molar-refractivity contribution in [2.45, 2.75) is 155 Å². The SMILES string of the molecule is CCC1O[C@H](OCC2O[C@H](OCC3O[C@H](OC)[C@@H](OCCCSCCNC(=O)CN(CCN(C)CCN(C)CC(=O)O)CC(=O)O)C(O)[C@@H]3O)[C@@H](OCCCSCCN)C(O)[C@@H]2O)[C@@H](OCCCSCCN=C(N)CS[C@H]2OC(CO)[C@@H](O)[C@@H](O)C2O)C(O)[C@@H]1O. The van der Waals surface area contributed by atoms with E-state index in [1.54, 1.807) is 42.4 Å². The molecule has 32 nitrogen and oxygen atoms in total. The summed E-state index contributed by atoms with van der Waals surface area (Å²) >= 11 is 5.78. The van der Waals surface area contributed by atoms with Gasteiger partial charge in [0.2, 0.25) is 5.91 Å². The van der Waals surface area contributed by atoms with Gasteiger partial charge in [-0.2, -0.15) is 35.3 Å². The molecule has 0 aromatic rings. The van der Waals surface area contributed by atoms with Gasteiger partial charge < -0.3 is 130 Å². The van der Waals surface area contributed by atoms with Gasteiger partial charge in [0.25, 0.3) is 0 Å². The molecule has 0 saturated carbocycles. The molecule has 0 aliphatic carbocycles. The van der Waals surface area contributed by atoms with Crippen molar-refractivity contribution < 1.29 is 123 Å². The lowest BCUT2D eigenvalue weighted by molar-refractivity contribution is -0.347. The topological polar surface area (TPSA) is 472 Å². The van der Waals surface area contributed by atoms with Gasteiger partial charge in [-0.25, -0.2) is 0 Å². The number of thioether (sulfide) groups is 4. The van der Waals surface area contributed by atoms with Crippen molar-refractivity contribution in [3.63, 3.8) is 0 Å². The number of aliphatic hydroxyl groups excluding tert-OH is 10. The third-order valence-electron chi connectivity index (χ3n) is 15.1. The first-order chi connectivity index (χ1) is 43.5. The molecule has 20 atom stereocenters. The van der Waals surface area contributed by atoms with Crippen LogP contribution in [0, 0.1) is 0 Å². The Balaban J connectivity index is 1.24. The molecule has 0 aromatic carbocycles. The Morgan fingerprint density at radius 1 is 0.560 bits per heavy atom. The number of rotatable bonds is 47. The summed E-state index contributed by atoms with van der Waals surface area (Å²) in [5.74, 6) is 1.88. The Bertz CT molecular complexity index is 2050. The van der Waals surface area contributed by atoms with Crippen LogP contribution >= 0.6 is 47.0 Å². The fraction of sp³-hybridized carbons (Fsp3) is 0.927. The number of aliphatic carboxylic acids is 2. The van der Waals surface area contributed by atoms with Crippen LogP contribution in [0.15, 0.2) is 4.99 Å². The molecule has 1 amide bonds. The van der Waals surface area contributed by atoms with Crippen LogP contribution in [0.3, 0.4) is 0 Å². The minimum absolute atomic E-state index is 0.0979. The molecule has 91 heavy (non-hydrogen) atoms. The average molecular weight is 1390 g/mol. The Morgan fingerprint density at radius 3 is 1.57 bits per heavy atom. The molecule has 36 heteroatoms. The van der Waals surface area contributed by atoms with Crippen molar-refractivity contribution in [1.82, 2.24) is 20.0 Å². The lowest BCUT2D eigenvalue weighted by Gasteiger charge is -2.45. The van der Waals surface area contributed by atoms with E-state index in [0.717, 1.165) is 17.5 Å². The number of carbonyl (C=O) groups excluding carboxylic acids is 1. The number of aliphatic hydroxyl groups is 10. The summed E-state index contributed by atoms with van der Waals surface area (Å²) < 4.78 is 59.8. The van der Waals surface area contributed by atoms with Crippen molar-refractivity contribution in [1.29, 1.82) is 0 Å². The van der Waals surface area contributed by atoms with Crippen LogP contribution in [0.25, 0.3) is 0 Å². The van der Waals surface area contributed by atoms with Crippen molar-refractivity contribution in [2.24, 2.45) is 16.5 Å². The zero-order chi connectivity index (χ0) is 67.0. The largest absolute Gasteiger partial charge is 0.480 e. The van der Waals surface area contributed by atoms with Crippen LogP contribution in [0.5, 0.6) is 0 Å². The summed E-state index contributed by atoms with van der Waals surface area (Å²) in [6, 6.07) is 0. The highest BCUT2D eigenvalue weighted by molar-refractivity contribution is 8.00. The Kier molecular flexibility index (Phi) is 40.4. The predicted molar refractivity (Wildman–Crippen MR) is 338 cm³/mol. The van der Waals surface area contributed by atoms with Crippen LogP contribution in [0.2, 0.25) is 0 Å². The van der Waals surface area contributed by atoms with Crippen LogP contribution < -0.4 is 16.8 Å². The van der Waals surface area contributed by atoms with Gasteiger partial charge in [-0.3, -0.25) is 29.2 Å². The fourth-order valence-corrected chi connectivity index (χ4v) is 13.1. The number of ether oxygens (including phenoxy) is 10. The zero-order valence-electron chi connectivity index (χ0n) is 52.4. The number of nitrogens with zero attached hydrogens (tertiary/aromatic N) is 4. The Labute approximate surface area is 548 Å². The van der Waals surface area contributed by atoms with E-state index in [1.807, 2.05) is 11.9 Å². The minimum atomic E-state index is -1.60. The highest BCUT2D eigenvalue weighted by Gasteiger charge is 2.51. The maximum absolute atomic E-state index is 12.7. The molecule has 4 aliphatic rings. The van der Waals surface area contributed by atoms with Gasteiger partial charge in [0.15, 0.2) is 18.9 Å². The van der Waals surface area contributed by atoms with E-state index in [-0.39, 0.29) is 57.0 Å². The molecule has 17 N–H and O–H groups in total. The van der Waals surface area contributed by atoms with Gasteiger partial charge in [-0.1, -0.05) is 6.92 Å². The van der Waals surface area contributed by atoms with E-state index in [1.165, 1.54) is 23.8 Å². The van der Waals surface area contributed by atoms with Crippen LogP contribution in [0.4, 0.5) is 0 Å². The molecule has 0 spiro atoms. The molecular formula is C55H103N7O25S4. The van der Waals surface area contributed by atoms with Crippen molar-refractivity contribution in [2.75, 3.05) is 167 Å². The number of hydrogen-bond donors (Lipinski definition) is 15. The number of methoxy groups -OCH3 is 1. The number of likely N-dealkylation sites (N-methyl/N-ethyl adjacent to an activating group) is 2. The van der Waals surface area contributed by atoms with E-state index >= 15 is 0 Å². The number of hydrogen-bond acceptors (Lipinski definition) is 32. The number of nitrogens with two attached hydrogens (primary N) is 2. The first kappa shape index (κ1) is 81.7. The lowest BCUT2D eigenvalue weighted by atomic mass is 9.96. The Hall–Kier alpha value is -1.68. The van der Waals surface area contributed by atoms with Crippen LogP contribution in [-0.4, -0.2) is 388 Å². The van der Waals surface area contributed by atoms with Crippen molar-refractivity contribution in [3.8, 4) is 0 Å². The van der Waals surface area contributed by atoms with Gasteiger partial charge >= 0.3 is 11.9 Å². The van der Waals surface area contributed by atoms with Gasteiger partial charge in [-0.15, -0.1) is 11.8 Å². The van der Waals surface area contributed by atoms with Gasteiger partial charge in [-0.05, 0) is 57.0 Å². The molecule has 4 aliphatic heterocycles. The summed E-state index contributed by atoms with van der Waals surface area (Å²) in [7, 11) is 4.87. The summed E-state index contributed by atoms with van der Waals surface area (Å²) in [5, 5.41) is 129. The first-order valence-electron chi connectivity index (χ1n) is 30.6. The first-order valence-corrected chi connectivity index (χ1v) is 35.2. The quantitative estimate of drug-likeness (QED) is 0.0153. The number of nitrogens with one attached hydrogen (secondary N) is 1. The predicted octanol–water partition coefficient (Wildman–Crippen LogP) is -5.76. The average Bonchev–Trinajstić information content (AvgIpc) is 0.894. The molecule has 4 heterocycles. The second kappa shape index (κ2) is 45.0. The maximum atomic E-state index is 12.7. The number of aliphatic imine (C=N–C) groups is 1. The normalized spacial score (nSPS) is 32.4. The molecule has 8 unspecified atom stereocenters. The number of amides is 1.